The molecule has 0 fully saturated rings. The normalized spacial score (nSPS) is 11.0. The van der Waals surface area contributed by atoms with E-state index in [2.05, 4.69) is 0 Å². The Balaban J connectivity index is 0.000000231. The van der Waals surface area contributed by atoms with Gasteiger partial charge in [0.25, 0.3) is 0 Å². The average Bonchev–Trinajstić information content (AvgIpc) is 2.55. The minimum Gasteiger partial charge on any atom is -0.370 e. The van der Waals surface area contributed by atoms with Gasteiger partial charge in [-0.3, -0.25) is 9.59 Å². The van der Waals surface area contributed by atoms with E-state index in [9.17, 15) is 9.59 Å². The summed E-state index contributed by atoms with van der Waals surface area (Å²) >= 11 is 0. The molecule has 0 aromatic heterocycles. The second-order valence-corrected chi connectivity index (χ2v) is 5.15. The van der Waals surface area contributed by atoms with Crippen molar-refractivity contribution >= 4 is 11.8 Å². The first-order chi connectivity index (χ1) is 11.0. The Kier molecular flexibility index (Phi) is 8.10. The quantitative estimate of drug-likeness (QED) is 0.743. The summed E-state index contributed by atoms with van der Waals surface area (Å²) in [6, 6.07) is 18.8. The number of benzene rings is 2. The molecule has 122 valence electrons. The number of nitrogens with two attached hydrogens (primary N) is 3. The van der Waals surface area contributed by atoms with Crippen molar-refractivity contribution in [3.8, 4) is 0 Å². The van der Waals surface area contributed by atoms with Crippen LogP contribution >= 0.6 is 0 Å². The van der Waals surface area contributed by atoms with E-state index in [1.54, 1.807) is 0 Å². The minimum atomic E-state index is -0.576. The maximum atomic E-state index is 10.6. The molecule has 0 saturated carbocycles. The predicted molar refractivity (Wildman–Crippen MR) is 91.3 cm³/mol. The van der Waals surface area contributed by atoms with Gasteiger partial charge in [-0.2, -0.15) is 0 Å². The second kappa shape index (κ2) is 10.1. The standard InChI is InChI=1S/C9H12N2O.C9H11NO/c10-8(9(11)12)6-7-4-2-1-3-5-7;10-9(11)7-6-8-4-2-1-3-5-8/h1-5,8H,6,10H2,(H2,11,12);1-5H,6-7H2,(H2,10,11)/t8-;/m0./s1. The molecular formula is C18H23N3O2. The molecule has 0 unspecified atom stereocenters. The highest BCUT2D eigenvalue weighted by Crippen LogP contribution is 2.01. The maximum Gasteiger partial charge on any atom is 0.234 e. The summed E-state index contributed by atoms with van der Waals surface area (Å²) < 4.78 is 0. The van der Waals surface area contributed by atoms with Crippen molar-refractivity contribution in [1.82, 2.24) is 0 Å². The number of hydrogen-bond acceptors (Lipinski definition) is 3. The highest BCUT2D eigenvalue weighted by molar-refractivity contribution is 5.79. The molecule has 2 amide bonds. The Hall–Kier alpha value is -2.66. The van der Waals surface area contributed by atoms with Gasteiger partial charge in [0, 0.05) is 6.42 Å². The zero-order valence-electron chi connectivity index (χ0n) is 13.0. The monoisotopic (exact) mass is 313 g/mol. The van der Waals surface area contributed by atoms with E-state index in [4.69, 9.17) is 17.2 Å². The van der Waals surface area contributed by atoms with Crippen molar-refractivity contribution in [2.45, 2.75) is 25.3 Å². The second-order valence-electron chi connectivity index (χ2n) is 5.15. The molecule has 0 bridgehead atoms. The summed E-state index contributed by atoms with van der Waals surface area (Å²) in [6.07, 6.45) is 1.69. The number of primary amides is 2. The number of aryl methyl sites for hydroxylation is 1. The van der Waals surface area contributed by atoms with E-state index in [0.717, 1.165) is 17.5 Å². The maximum absolute atomic E-state index is 10.6. The lowest BCUT2D eigenvalue weighted by Crippen LogP contribution is -2.38. The van der Waals surface area contributed by atoms with Gasteiger partial charge in [0.05, 0.1) is 6.04 Å². The van der Waals surface area contributed by atoms with E-state index < -0.39 is 11.9 Å². The zero-order valence-corrected chi connectivity index (χ0v) is 13.0. The van der Waals surface area contributed by atoms with E-state index in [1.165, 1.54) is 0 Å². The van der Waals surface area contributed by atoms with Crippen LogP contribution in [0.5, 0.6) is 0 Å². The van der Waals surface area contributed by atoms with Gasteiger partial charge in [-0.1, -0.05) is 60.7 Å². The van der Waals surface area contributed by atoms with Gasteiger partial charge >= 0.3 is 0 Å². The van der Waals surface area contributed by atoms with Crippen LogP contribution in [-0.4, -0.2) is 17.9 Å². The van der Waals surface area contributed by atoms with Crippen LogP contribution in [0.2, 0.25) is 0 Å². The van der Waals surface area contributed by atoms with Crippen LogP contribution in [0, 0.1) is 0 Å². The molecule has 5 nitrogen and oxygen atoms in total. The van der Waals surface area contributed by atoms with Crippen LogP contribution in [0.3, 0.4) is 0 Å². The van der Waals surface area contributed by atoms with Gasteiger partial charge < -0.3 is 17.2 Å². The number of carbonyl (C=O) groups is 2. The first kappa shape index (κ1) is 18.4. The molecular weight excluding hydrogens is 290 g/mol. The Morgan fingerprint density at radius 3 is 1.74 bits per heavy atom. The smallest absolute Gasteiger partial charge is 0.234 e. The molecule has 0 spiro atoms. The molecule has 2 aromatic carbocycles. The van der Waals surface area contributed by atoms with Crippen molar-refractivity contribution in [2.24, 2.45) is 17.2 Å². The first-order valence-electron chi connectivity index (χ1n) is 7.40. The summed E-state index contributed by atoms with van der Waals surface area (Å²) in [7, 11) is 0. The SMILES string of the molecule is NC(=O)CCc1ccccc1.NC(=O)[C@@H](N)Cc1ccccc1. The Morgan fingerprint density at radius 2 is 1.30 bits per heavy atom. The van der Waals surface area contributed by atoms with Crippen LogP contribution in [0.25, 0.3) is 0 Å². The fourth-order valence-electron chi connectivity index (χ4n) is 1.88. The third kappa shape index (κ3) is 8.38. The predicted octanol–water partition coefficient (Wildman–Crippen LogP) is 1.15. The topological polar surface area (TPSA) is 112 Å². The summed E-state index contributed by atoms with van der Waals surface area (Å²) in [5.74, 6) is -0.701. The highest BCUT2D eigenvalue weighted by Gasteiger charge is 2.08. The van der Waals surface area contributed by atoms with Crippen LogP contribution in [0.4, 0.5) is 0 Å². The summed E-state index contributed by atoms with van der Waals surface area (Å²) in [5, 5.41) is 0. The Labute approximate surface area is 136 Å². The molecule has 0 saturated heterocycles. The van der Waals surface area contributed by atoms with Crippen molar-refractivity contribution in [1.29, 1.82) is 0 Å². The highest BCUT2D eigenvalue weighted by atomic mass is 16.1. The molecule has 0 heterocycles. The zero-order chi connectivity index (χ0) is 17.1. The van der Waals surface area contributed by atoms with Crippen LogP contribution < -0.4 is 17.2 Å². The first-order valence-corrected chi connectivity index (χ1v) is 7.40. The third-order valence-electron chi connectivity index (χ3n) is 3.17. The van der Waals surface area contributed by atoms with Gasteiger partial charge in [0.1, 0.15) is 0 Å². The largest absolute Gasteiger partial charge is 0.370 e. The molecule has 0 aliphatic carbocycles. The van der Waals surface area contributed by atoms with Gasteiger partial charge in [-0.05, 0) is 24.0 Å². The Bertz CT molecular complexity index is 600. The van der Waals surface area contributed by atoms with Crippen molar-refractivity contribution in [2.75, 3.05) is 0 Å². The fourth-order valence-corrected chi connectivity index (χ4v) is 1.88. The van der Waals surface area contributed by atoms with Gasteiger partial charge in [-0.15, -0.1) is 0 Å². The molecule has 0 aliphatic rings. The molecule has 0 radical (unpaired) electrons. The molecule has 0 aliphatic heterocycles. The van der Waals surface area contributed by atoms with Crippen LogP contribution in [0.15, 0.2) is 60.7 Å². The molecule has 1 atom stereocenters. The van der Waals surface area contributed by atoms with E-state index in [-0.39, 0.29) is 5.91 Å². The number of rotatable bonds is 6. The van der Waals surface area contributed by atoms with Crippen LogP contribution in [-0.2, 0) is 22.4 Å². The minimum absolute atomic E-state index is 0.242. The number of hydrogen-bond donors (Lipinski definition) is 3. The lowest BCUT2D eigenvalue weighted by Gasteiger charge is -2.06. The summed E-state index contributed by atoms with van der Waals surface area (Å²) in [6.45, 7) is 0. The van der Waals surface area contributed by atoms with Crippen molar-refractivity contribution < 1.29 is 9.59 Å². The number of amides is 2. The molecule has 2 aromatic rings. The van der Waals surface area contributed by atoms with Crippen molar-refractivity contribution in [3.05, 3.63) is 71.8 Å². The third-order valence-corrected chi connectivity index (χ3v) is 3.17. The van der Waals surface area contributed by atoms with Gasteiger partial charge in [0.15, 0.2) is 0 Å². The Morgan fingerprint density at radius 1 is 0.826 bits per heavy atom. The molecule has 5 heteroatoms. The average molecular weight is 313 g/mol. The summed E-state index contributed by atoms with van der Waals surface area (Å²) in [5.41, 5.74) is 17.7. The molecule has 23 heavy (non-hydrogen) atoms. The van der Waals surface area contributed by atoms with Crippen LogP contribution in [0.1, 0.15) is 17.5 Å². The van der Waals surface area contributed by atoms with Gasteiger partial charge in [-0.25, -0.2) is 0 Å². The fraction of sp³-hybridized carbons (Fsp3) is 0.222. The van der Waals surface area contributed by atoms with Gasteiger partial charge in [0.2, 0.25) is 11.8 Å². The van der Waals surface area contributed by atoms with E-state index in [1.807, 2.05) is 60.7 Å². The van der Waals surface area contributed by atoms with Crippen molar-refractivity contribution in [3.63, 3.8) is 0 Å². The lowest BCUT2D eigenvalue weighted by atomic mass is 10.1. The lowest BCUT2D eigenvalue weighted by molar-refractivity contribution is -0.119. The number of carbonyl (C=O) groups excluding carboxylic acids is 2. The van der Waals surface area contributed by atoms with E-state index in [0.29, 0.717) is 12.8 Å². The van der Waals surface area contributed by atoms with E-state index >= 15 is 0 Å². The molecule has 6 N–H and O–H groups in total. The molecule has 2 rings (SSSR count). The summed E-state index contributed by atoms with van der Waals surface area (Å²) in [4.78, 5) is 21.0.